The number of nitrogens with zero attached hydrogens (tertiary/aromatic N) is 3. The van der Waals surface area contributed by atoms with Crippen LogP contribution in [0.4, 0.5) is 5.69 Å². The van der Waals surface area contributed by atoms with E-state index < -0.39 is 10.0 Å². The number of benzene rings is 1. The monoisotopic (exact) mass is 311 g/mol. The normalized spacial score (nSPS) is 11.5. The molecule has 108 valence electrons. The van der Waals surface area contributed by atoms with Gasteiger partial charge in [0.05, 0.1) is 5.69 Å². The van der Waals surface area contributed by atoms with Crippen LogP contribution in [0.25, 0.3) is 0 Å². The minimum atomic E-state index is -3.63. The molecule has 5 nitrogen and oxygen atoms in total. The molecule has 0 fully saturated rings. The number of hydrogen-bond donors (Lipinski definition) is 0. The van der Waals surface area contributed by atoms with Gasteiger partial charge in [-0.2, -0.15) is 8.42 Å². The third-order valence-electron chi connectivity index (χ3n) is 2.78. The Morgan fingerprint density at radius 3 is 2.45 bits per heavy atom. The Morgan fingerprint density at radius 2 is 1.90 bits per heavy atom. The summed E-state index contributed by atoms with van der Waals surface area (Å²) in [5.74, 6) is 0. The van der Waals surface area contributed by atoms with Crippen molar-refractivity contribution < 1.29 is 8.42 Å². The highest BCUT2D eigenvalue weighted by atomic mass is 32.2. The van der Waals surface area contributed by atoms with Gasteiger partial charge in [0.25, 0.3) is 14.4 Å². The molecular formula is C13H17N3O2S2. The molecule has 2 rings (SSSR count). The number of aromatic nitrogens is 2. The molecule has 0 atom stereocenters. The Kier molecular flexibility index (Phi) is 4.72. The molecule has 0 bridgehead atoms. The molecule has 0 aliphatic carbocycles. The summed E-state index contributed by atoms with van der Waals surface area (Å²) in [7, 11) is -3.63. The Bertz CT molecular complexity index is 653. The highest BCUT2D eigenvalue weighted by Gasteiger charge is 2.28. The third kappa shape index (κ3) is 3.16. The third-order valence-corrected chi connectivity index (χ3v) is 5.79. The number of para-hydroxylation sites is 1. The van der Waals surface area contributed by atoms with Crippen molar-refractivity contribution in [1.82, 2.24) is 10.2 Å². The van der Waals surface area contributed by atoms with E-state index in [1.165, 1.54) is 4.31 Å². The summed E-state index contributed by atoms with van der Waals surface area (Å²) in [5.41, 5.74) is 0.661. The summed E-state index contributed by atoms with van der Waals surface area (Å²) >= 11 is 1.10. The van der Waals surface area contributed by atoms with Gasteiger partial charge in [-0.3, -0.25) is 4.31 Å². The van der Waals surface area contributed by atoms with E-state index in [4.69, 9.17) is 0 Å². The van der Waals surface area contributed by atoms with Crippen LogP contribution < -0.4 is 4.31 Å². The predicted molar refractivity (Wildman–Crippen MR) is 80.5 cm³/mol. The van der Waals surface area contributed by atoms with E-state index in [0.717, 1.165) is 24.2 Å². The Morgan fingerprint density at radius 1 is 1.20 bits per heavy atom. The van der Waals surface area contributed by atoms with Gasteiger partial charge in [-0.25, -0.2) is 0 Å². The highest BCUT2D eigenvalue weighted by Crippen LogP contribution is 2.25. The molecular weight excluding hydrogens is 294 g/mol. The molecule has 7 heteroatoms. The second kappa shape index (κ2) is 6.32. The van der Waals surface area contributed by atoms with Crippen molar-refractivity contribution in [2.75, 3.05) is 10.8 Å². The zero-order valence-electron chi connectivity index (χ0n) is 11.5. The van der Waals surface area contributed by atoms with Crippen molar-refractivity contribution in [3.63, 3.8) is 0 Å². The first-order chi connectivity index (χ1) is 9.55. The number of anilines is 1. The molecule has 0 spiro atoms. The Labute approximate surface area is 123 Å². The van der Waals surface area contributed by atoms with Crippen LogP contribution in [-0.2, 0) is 10.0 Å². The summed E-state index contributed by atoms with van der Waals surface area (Å²) < 4.78 is 26.8. The summed E-state index contributed by atoms with van der Waals surface area (Å²) in [6.07, 6.45) is 1.72. The van der Waals surface area contributed by atoms with Crippen molar-refractivity contribution in [2.24, 2.45) is 0 Å². The van der Waals surface area contributed by atoms with Crippen LogP contribution >= 0.6 is 11.3 Å². The van der Waals surface area contributed by atoms with Crippen molar-refractivity contribution in [3.05, 3.63) is 35.3 Å². The Balaban J connectivity index is 2.40. The lowest BCUT2D eigenvalue weighted by molar-refractivity contribution is 0.586. The van der Waals surface area contributed by atoms with Gasteiger partial charge >= 0.3 is 0 Å². The maximum Gasteiger partial charge on any atom is 0.293 e. The fourth-order valence-electron chi connectivity index (χ4n) is 1.76. The standard InChI is InChI=1S/C13H17N3O2S2/c1-3-4-10-16(12-8-6-5-7-9-12)20(17,18)13-15-14-11(2)19-13/h5-9H,3-4,10H2,1-2H3. The molecule has 0 aliphatic heterocycles. The number of aryl methyl sites for hydroxylation is 1. The molecule has 0 N–H and O–H groups in total. The number of hydrogen-bond acceptors (Lipinski definition) is 5. The lowest BCUT2D eigenvalue weighted by atomic mass is 10.3. The zero-order valence-corrected chi connectivity index (χ0v) is 13.1. The molecule has 2 aromatic rings. The summed E-state index contributed by atoms with van der Waals surface area (Å²) in [6.45, 7) is 4.22. The zero-order chi connectivity index (χ0) is 14.6. The van der Waals surface area contributed by atoms with Crippen LogP contribution in [0.5, 0.6) is 0 Å². The van der Waals surface area contributed by atoms with E-state index in [9.17, 15) is 8.42 Å². The molecule has 1 heterocycles. The summed E-state index contributed by atoms with van der Waals surface area (Å²) in [4.78, 5) is 0. The van der Waals surface area contributed by atoms with Gasteiger partial charge in [-0.15, -0.1) is 10.2 Å². The topological polar surface area (TPSA) is 63.2 Å². The summed E-state index contributed by atoms with van der Waals surface area (Å²) in [5, 5.41) is 8.23. The first-order valence-corrected chi connectivity index (χ1v) is 8.69. The molecule has 0 saturated carbocycles. The van der Waals surface area contributed by atoms with Crippen LogP contribution in [0.1, 0.15) is 24.8 Å². The second-order valence-corrected chi connectivity index (χ2v) is 7.57. The molecule has 0 aliphatic rings. The van der Waals surface area contributed by atoms with E-state index in [-0.39, 0.29) is 4.34 Å². The quantitative estimate of drug-likeness (QED) is 0.823. The first-order valence-electron chi connectivity index (χ1n) is 6.43. The maximum absolute atomic E-state index is 12.7. The summed E-state index contributed by atoms with van der Waals surface area (Å²) in [6, 6.07) is 9.11. The smallest absolute Gasteiger partial charge is 0.264 e. The SMILES string of the molecule is CCCCN(c1ccccc1)S(=O)(=O)c1nnc(C)s1. The van der Waals surface area contributed by atoms with Gasteiger partial charge in [0.1, 0.15) is 5.01 Å². The fourth-order valence-corrected chi connectivity index (χ4v) is 4.33. The van der Waals surface area contributed by atoms with Gasteiger partial charge < -0.3 is 0 Å². The average Bonchev–Trinajstić information content (AvgIpc) is 2.88. The van der Waals surface area contributed by atoms with E-state index in [1.54, 1.807) is 19.1 Å². The molecule has 0 amide bonds. The van der Waals surface area contributed by atoms with Crippen molar-refractivity contribution in [2.45, 2.75) is 31.0 Å². The minimum absolute atomic E-state index is 0.0509. The minimum Gasteiger partial charge on any atom is -0.264 e. The second-order valence-electron chi connectivity index (χ2n) is 4.35. The molecule has 0 radical (unpaired) electrons. The Hall–Kier alpha value is -1.47. The molecule has 0 unspecified atom stereocenters. The number of unbranched alkanes of at least 4 members (excludes halogenated alkanes) is 1. The van der Waals surface area contributed by atoms with Crippen LogP contribution in [0.3, 0.4) is 0 Å². The number of rotatable bonds is 6. The number of sulfonamides is 1. The van der Waals surface area contributed by atoms with Gasteiger partial charge in [-0.05, 0) is 25.5 Å². The van der Waals surface area contributed by atoms with Crippen LogP contribution in [-0.4, -0.2) is 25.2 Å². The van der Waals surface area contributed by atoms with Gasteiger partial charge in [0.2, 0.25) is 0 Å². The van der Waals surface area contributed by atoms with Gasteiger partial charge in [-0.1, -0.05) is 42.9 Å². The van der Waals surface area contributed by atoms with Crippen LogP contribution in [0.2, 0.25) is 0 Å². The van der Waals surface area contributed by atoms with E-state index >= 15 is 0 Å². The fraction of sp³-hybridized carbons (Fsp3) is 0.385. The molecule has 0 saturated heterocycles. The van der Waals surface area contributed by atoms with Crippen LogP contribution in [0.15, 0.2) is 34.7 Å². The highest BCUT2D eigenvalue weighted by molar-refractivity contribution is 7.94. The van der Waals surface area contributed by atoms with Crippen molar-refractivity contribution in [3.8, 4) is 0 Å². The lowest BCUT2D eigenvalue weighted by Gasteiger charge is -2.22. The van der Waals surface area contributed by atoms with E-state index in [2.05, 4.69) is 10.2 Å². The van der Waals surface area contributed by atoms with Gasteiger partial charge in [0, 0.05) is 6.54 Å². The van der Waals surface area contributed by atoms with Crippen molar-refractivity contribution in [1.29, 1.82) is 0 Å². The molecule has 1 aromatic heterocycles. The van der Waals surface area contributed by atoms with Crippen LogP contribution in [0, 0.1) is 6.92 Å². The largest absolute Gasteiger partial charge is 0.293 e. The van der Waals surface area contributed by atoms with E-state index in [0.29, 0.717) is 17.2 Å². The lowest BCUT2D eigenvalue weighted by Crippen LogP contribution is -2.32. The predicted octanol–water partition coefficient (Wildman–Crippen LogP) is 2.84. The average molecular weight is 311 g/mol. The van der Waals surface area contributed by atoms with Crippen molar-refractivity contribution >= 4 is 27.0 Å². The maximum atomic E-state index is 12.7. The first kappa shape index (κ1) is 14.9. The molecule has 1 aromatic carbocycles. The molecule has 20 heavy (non-hydrogen) atoms. The van der Waals surface area contributed by atoms with Gasteiger partial charge in [0.15, 0.2) is 0 Å². The van der Waals surface area contributed by atoms with E-state index in [1.807, 2.05) is 25.1 Å².